The Hall–Kier alpha value is -0.0100. The van der Waals surface area contributed by atoms with E-state index in [1.165, 1.54) is 6.92 Å². The molecule has 0 aliphatic heterocycles. The maximum Gasteiger partial charge on any atom is 0.302 e. The maximum absolute atomic E-state index is 13.3. The molecule has 7 atom stereocenters. The van der Waals surface area contributed by atoms with Crippen LogP contribution in [0.3, 0.4) is 0 Å². The van der Waals surface area contributed by atoms with Gasteiger partial charge in [-0.3, -0.25) is 14.4 Å². The first-order valence-electron chi connectivity index (χ1n) is 9.92. The van der Waals surface area contributed by atoms with Crippen LogP contribution in [0.5, 0.6) is 0 Å². The summed E-state index contributed by atoms with van der Waals surface area (Å²) in [7, 11) is 0. The molecule has 0 amide bonds. The highest BCUT2D eigenvalue weighted by Crippen LogP contribution is 2.67. The van der Waals surface area contributed by atoms with Gasteiger partial charge in [-0.2, -0.15) is 0 Å². The average molecular weight is 581 g/mol. The minimum atomic E-state index is -0.807. The first kappa shape index (κ1) is 21.2. The minimum absolute atomic E-state index is 0.0489. The number of ether oxygens (including phenoxy) is 1. The van der Waals surface area contributed by atoms with Gasteiger partial charge in [-0.25, -0.2) is 0 Å². The number of esters is 1. The molecular weight excluding hydrogens is 556 g/mol. The van der Waals surface area contributed by atoms with Crippen molar-refractivity contribution in [2.24, 2.45) is 28.6 Å². The SMILES string of the molecule is CC(=O)O[C@H]1CC[C@H]2[C@@H]3[C@H](Br)C(=O)C4=CC(=O)C(Br)(Br)C[C@]4(C)[C@H]3CC[C@]12C. The molecule has 154 valence electrons. The van der Waals surface area contributed by atoms with Crippen LogP contribution in [-0.4, -0.2) is 31.7 Å². The Morgan fingerprint density at radius 2 is 1.82 bits per heavy atom. The summed E-state index contributed by atoms with van der Waals surface area (Å²) in [4.78, 5) is 37.2. The van der Waals surface area contributed by atoms with Crippen molar-refractivity contribution in [3.8, 4) is 0 Å². The molecule has 28 heavy (non-hydrogen) atoms. The second kappa shape index (κ2) is 6.74. The molecule has 0 N–H and O–H groups in total. The molecular formula is C21H25Br3O4. The summed E-state index contributed by atoms with van der Waals surface area (Å²) in [5.41, 5.74) is 0.225. The minimum Gasteiger partial charge on any atom is -0.462 e. The number of alkyl halides is 3. The first-order valence-corrected chi connectivity index (χ1v) is 12.4. The highest BCUT2D eigenvalue weighted by atomic mass is 79.9. The summed E-state index contributed by atoms with van der Waals surface area (Å²) >= 11 is 10.8. The fourth-order valence-corrected chi connectivity index (χ4v) is 9.12. The van der Waals surface area contributed by atoms with Crippen molar-refractivity contribution in [1.82, 2.24) is 0 Å². The van der Waals surface area contributed by atoms with Crippen LogP contribution in [0.15, 0.2) is 11.6 Å². The van der Waals surface area contributed by atoms with E-state index in [1.54, 1.807) is 6.08 Å². The molecule has 0 radical (unpaired) electrons. The Balaban J connectivity index is 1.75. The van der Waals surface area contributed by atoms with Crippen LogP contribution in [0.1, 0.15) is 52.9 Å². The maximum atomic E-state index is 13.3. The van der Waals surface area contributed by atoms with E-state index in [0.717, 1.165) is 25.7 Å². The number of hydrogen-bond acceptors (Lipinski definition) is 4. The summed E-state index contributed by atoms with van der Waals surface area (Å²) in [5, 5.41) is 0. The van der Waals surface area contributed by atoms with Gasteiger partial charge in [0.2, 0.25) is 0 Å². The first-order chi connectivity index (χ1) is 12.9. The predicted octanol–water partition coefficient (Wildman–Crippen LogP) is 5.10. The number of halogens is 3. The van der Waals surface area contributed by atoms with Crippen molar-refractivity contribution in [2.75, 3.05) is 0 Å². The number of ketones is 2. The molecule has 0 aromatic rings. The van der Waals surface area contributed by atoms with Crippen molar-refractivity contribution < 1.29 is 19.1 Å². The van der Waals surface area contributed by atoms with Gasteiger partial charge < -0.3 is 4.74 Å². The summed E-state index contributed by atoms with van der Waals surface area (Å²) in [5.74, 6) is 0.529. The van der Waals surface area contributed by atoms with Gasteiger partial charge in [-0.1, -0.05) is 61.6 Å². The summed E-state index contributed by atoms with van der Waals surface area (Å²) < 4.78 is 4.89. The predicted molar refractivity (Wildman–Crippen MR) is 117 cm³/mol. The lowest BCUT2D eigenvalue weighted by atomic mass is 9.47. The zero-order chi connectivity index (χ0) is 20.6. The molecule has 3 saturated carbocycles. The smallest absolute Gasteiger partial charge is 0.302 e. The zero-order valence-corrected chi connectivity index (χ0v) is 21.0. The van der Waals surface area contributed by atoms with Crippen LogP contribution in [0.2, 0.25) is 0 Å². The Bertz CT molecular complexity index is 791. The second-order valence-electron chi connectivity index (χ2n) is 9.50. The lowest BCUT2D eigenvalue weighted by Gasteiger charge is -2.59. The van der Waals surface area contributed by atoms with E-state index >= 15 is 0 Å². The van der Waals surface area contributed by atoms with Crippen molar-refractivity contribution in [3.05, 3.63) is 11.6 Å². The van der Waals surface area contributed by atoms with Gasteiger partial charge in [0.25, 0.3) is 0 Å². The molecule has 7 heteroatoms. The Morgan fingerprint density at radius 3 is 2.46 bits per heavy atom. The number of rotatable bonds is 1. The average Bonchev–Trinajstić information content (AvgIpc) is 2.90. The van der Waals surface area contributed by atoms with Gasteiger partial charge in [0.05, 0.1) is 4.83 Å². The van der Waals surface area contributed by atoms with E-state index in [0.29, 0.717) is 23.8 Å². The molecule has 4 nitrogen and oxygen atoms in total. The van der Waals surface area contributed by atoms with E-state index < -0.39 is 3.23 Å². The second-order valence-corrected chi connectivity index (χ2v) is 14.3. The Kier molecular flexibility index (Phi) is 5.11. The third kappa shape index (κ3) is 2.89. The van der Waals surface area contributed by atoms with E-state index in [1.807, 2.05) is 0 Å². The largest absolute Gasteiger partial charge is 0.462 e. The monoisotopic (exact) mass is 578 g/mol. The highest BCUT2D eigenvalue weighted by molar-refractivity contribution is 9.26. The number of carbonyl (C=O) groups excluding carboxylic acids is 3. The van der Waals surface area contributed by atoms with E-state index in [2.05, 4.69) is 61.6 Å². The molecule has 4 aliphatic carbocycles. The Morgan fingerprint density at radius 1 is 1.14 bits per heavy atom. The molecule has 0 spiro atoms. The summed E-state index contributed by atoms with van der Waals surface area (Å²) in [6.07, 6.45) is 5.80. The molecule has 0 bridgehead atoms. The van der Waals surface area contributed by atoms with Gasteiger partial charge in [-0.15, -0.1) is 0 Å². The van der Waals surface area contributed by atoms with Crippen molar-refractivity contribution in [1.29, 1.82) is 0 Å². The number of Topliss-reactive ketones (excluding diaryl/α,β-unsaturated/α-hetero) is 1. The van der Waals surface area contributed by atoms with Crippen molar-refractivity contribution in [3.63, 3.8) is 0 Å². The van der Waals surface area contributed by atoms with Crippen LogP contribution in [-0.2, 0) is 19.1 Å². The van der Waals surface area contributed by atoms with Crippen LogP contribution in [0.4, 0.5) is 0 Å². The van der Waals surface area contributed by atoms with Gasteiger partial charge in [0, 0.05) is 23.3 Å². The van der Waals surface area contributed by atoms with Crippen LogP contribution in [0, 0.1) is 28.6 Å². The fraction of sp³-hybridized carbons (Fsp3) is 0.762. The summed E-state index contributed by atoms with van der Waals surface area (Å²) in [6.45, 7) is 5.86. The van der Waals surface area contributed by atoms with Crippen LogP contribution in [0.25, 0.3) is 0 Å². The quantitative estimate of drug-likeness (QED) is 0.320. The zero-order valence-electron chi connectivity index (χ0n) is 16.3. The molecule has 0 unspecified atom stereocenters. The van der Waals surface area contributed by atoms with E-state index in [-0.39, 0.29) is 45.2 Å². The van der Waals surface area contributed by atoms with Crippen molar-refractivity contribution in [2.45, 2.75) is 67.0 Å². The van der Waals surface area contributed by atoms with Crippen LogP contribution >= 0.6 is 47.8 Å². The number of allylic oxidation sites excluding steroid dienone is 1. The van der Waals surface area contributed by atoms with Crippen LogP contribution < -0.4 is 0 Å². The molecule has 0 saturated heterocycles. The van der Waals surface area contributed by atoms with Gasteiger partial charge in [-0.05, 0) is 55.9 Å². The van der Waals surface area contributed by atoms with Gasteiger partial charge in [0.15, 0.2) is 11.6 Å². The topological polar surface area (TPSA) is 60.4 Å². The fourth-order valence-electron chi connectivity index (χ4n) is 6.74. The lowest BCUT2D eigenvalue weighted by Crippen LogP contribution is -2.59. The molecule has 0 aromatic carbocycles. The number of fused-ring (bicyclic) bond motifs is 5. The summed E-state index contributed by atoms with van der Waals surface area (Å²) in [6, 6.07) is 0. The molecule has 0 heterocycles. The highest BCUT2D eigenvalue weighted by Gasteiger charge is 2.65. The Labute approximate surface area is 191 Å². The third-order valence-corrected chi connectivity index (χ3v) is 10.4. The van der Waals surface area contributed by atoms with Gasteiger partial charge >= 0.3 is 5.97 Å². The number of carbonyl (C=O) groups is 3. The van der Waals surface area contributed by atoms with Gasteiger partial charge in [0.1, 0.15) is 9.34 Å². The molecule has 0 aromatic heterocycles. The third-order valence-electron chi connectivity index (χ3n) is 8.07. The van der Waals surface area contributed by atoms with E-state index in [9.17, 15) is 14.4 Å². The standard InChI is InChI=1S/C21H25Br3O4/c1-10(25)28-15-5-4-11-16-12(6-7-19(11,15)2)20(3)9-21(23,24)14(26)8-13(20)18(27)17(16)22/h8,11-12,15-17H,4-7,9H2,1-3H3/t11-,12-,15-,16-,17-,19-,20+/m0/s1. The van der Waals surface area contributed by atoms with Crippen molar-refractivity contribution >= 4 is 65.3 Å². The van der Waals surface area contributed by atoms with E-state index in [4.69, 9.17) is 4.74 Å². The number of hydrogen-bond donors (Lipinski definition) is 0. The molecule has 4 rings (SSSR count). The lowest BCUT2D eigenvalue weighted by molar-refractivity contribution is -0.158. The molecule has 4 aliphatic rings. The normalized spacial score (nSPS) is 46.9. The molecule has 3 fully saturated rings.